The zero-order valence-corrected chi connectivity index (χ0v) is 14.8. The van der Waals surface area contributed by atoms with Crippen LogP contribution in [0.5, 0.6) is 0 Å². The Morgan fingerprint density at radius 2 is 1.96 bits per heavy atom. The summed E-state index contributed by atoms with van der Waals surface area (Å²) in [7, 11) is 0. The van der Waals surface area contributed by atoms with Gasteiger partial charge in [-0.15, -0.1) is 0 Å². The lowest BCUT2D eigenvalue weighted by atomic mass is 9.97. The van der Waals surface area contributed by atoms with Gasteiger partial charge >= 0.3 is 0 Å². The van der Waals surface area contributed by atoms with Crippen LogP contribution in [0, 0.1) is 18.7 Å². The molecule has 26 heavy (non-hydrogen) atoms. The number of imidazole rings is 1. The molecule has 4 heterocycles. The molecule has 0 amide bonds. The molecule has 0 radical (unpaired) electrons. The van der Waals surface area contributed by atoms with E-state index in [0.29, 0.717) is 12.5 Å². The molecule has 3 aromatic heterocycles. The van der Waals surface area contributed by atoms with Crippen molar-refractivity contribution in [2.45, 2.75) is 32.9 Å². The van der Waals surface area contributed by atoms with Crippen LogP contribution >= 0.6 is 0 Å². The number of piperidine rings is 1. The third-order valence-corrected chi connectivity index (χ3v) is 4.99. The zero-order chi connectivity index (χ0) is 18.1. The molecule has 0 atom stereocenters. The first-order valence-electron chi connectivity index (χ1n) is 8.97. The Hall–Kier alpha value is -2.54. The van der Waals surface area contributed by atoms with E-state index >= 15 is 0 Å². The van der Waals surface area contributed by atoms with E-state index in [1.54, 1.807) is 27.3 Å². The van der Waals surface area contributed by atoms with Crippen LogP contribution in [0.25, 0.3) is 5.65 Å². The van der Waals surface area contributed by atoms with Crippen LogP contribution in [0.2, 0.25) is 0 Å². The van der Waals surface area contributed by atoms with Gasteiger partial charge in [0.25, 0.3) is 5.56 Å². The summed E-state index contributed by atoms with van der Waals surface area (Å²) in [6.45, 7) is 5.28. The summed E-state index contributed by atoms with van der Waals surface area (Å²) in [6, 6.07) is 6.46. The fourth-order valence-corrected chi connectivity index (χ4v) is 3.58. The van der Waals surface area contributed by atoms with Crippen molar-refractivity contribution >= 4 is 5.65 Å². The summed E-state index contributed by atoms with van der Waals surface area (Å²) in [4.78, 5) is 18.8. The van der Waals surface area contributed by atoms with Crippen molar-refractivity contribution in [1.82, 2.24) is 24.1 Å². The highest BCUT2D eigenvalue weighted by molar-refractivity contribution is 5.39. The number of hydrogen-bond acceptors (Lipinski definition) is 4. The van der Waals surface area contributed by atoms with Gasteiger partial charge in [-0.25, -0.2) is 14.1 Å². The highest BCUT2D eigenvalue weighted by Gasteiger charge is 2.21. The van der Waals surface area contributed by atoms with Crippen LogP contribution in [-0.2, 0) is 13.1 Å². The van der Waals surface area contributed by atoms with Gasteiger partial charge in [-0.05, 0) is 57.0 Å². The van der Waals surface area contributed by atoms with Crippen molar-refractivity contribution in [1.29, 1.82) is 0 Å². The van der Waals surface area contributed by atoms with Gasteiger partial charge in [0, 0.05) is 31.5 Å². The Morgan fingerprint density at radius 1 is 1.15 bits per heavy atom. The third kappa shape index (κ3) is 3.67. The van der Waals surface area contributed by atoms with E-state index in [1.165, 1.54) is 12.3 Å². The third-order valence-electron chi connectivity index (χ3n) is 4.99. The second-order valence-corrected chi connectivity index (χ2v) is 7.06. The maximum absolute atomic E-state index is 13.3. The van der Waals surface area contributed by atoms with Gasteiger partial charge in [-0.3, -0.25) is 9.69 Å². The maximum atomic E-state index is 13.3. The summed E-state index contributed by atoms with van der Waals surface area (Å²) in [6.07, 6.45) is 5.40. The van der Waals surface area contributed by atoms with Crippen LogP contribution in [0.3, 0.4) is 0 Å². The Bertz CT molecular complexity index is 971. The SMILES string of the molecule is Cc1ccc(=O)n(CC2CCN(Cc3cn4cc(F)ccc4n3)CC2)n1. The molecule has 0 spiro atoms. The lowest BCUT2D eigenvalue weighted by Crippen LogP contribution is -2.36. The predicted octanol–water partition coefficient (Wildman–Crippen LogP) is 2.25. The van der Waals surface area contributed by atoms with Crippen LogP contribution in [0.1, 0.15) is 24.2 Å². The average Bonchev–Trinajstić information content (AvgIpc) is 3.01. The minimum absolute atomic E-state index is 0.0324. The number of aryl methyl sites for hydroxylation is 1. The largest absolute Gasteiger partial charge is 0.304 e. The molecule has 0 bridgehead atoms. The van der Waals surface area contributed by atoms with E-state index in [1.807, 2.05) is 13.1 Å². The summed E-state index contributed by atoms with van der Waals surface area (Å²) in [5.74, 6) is 0.204. The lowest BCUT2D eigenvalue weighted by molar-refractivity contribution is 0.162. The second-order valence-electron chi connectivity index (χ2n) is 7.06. The Labute approximate surface area is 150 Å². The summed E-state index contributed by atoms with van der Waals surface area (Å²) in [5.41, 5.74) is 2.55. The number of likely N-dealkylation sites (tertiary alicyclic amines) is 1. The molecule has 0 unspecified atom stereocenters. The van der Waals surface area contributed by atoms with E-state index in [0.717, 1.165) is 49.5 Å². The normalized spacial score (nSPS) is 16.4. The molecule has 6 nitrogen and oxygen atoms in total. The number of rotatable bonds is 4. The van der Waals surface area contributed by atoms with Gasteiger partial charge < -0.3 is 4.40 Å². The van der Waals surface area contributed by atoms with E-state index < -0.39 is 0 Å². The van der Waals surface area contributed by atoms with Crippen LogP contribution in [-0.4, -0.2) is 37.2 Å². The first-order chi connectivity index (χ1) is 12.6. The van der Waals surface area contributed by atoms with Crippen LogP contribution in [0.4, 0.5) is 4.39 Å². The maximum Gasteiger partial charge on any atom is 0.266 e. The van der Waals surface area contributed by atoms with Crippen LogP contribution < -0.4 is 5.56 Å². The van der Waals surface area contributed by atoms with Gasteiger partial charge in [-0.2, -0.15) is 5.10 Å². The van der Waals surface area contributed by atoms with E-state index in [9.17, 15) is 9.18 Å². The van der Waals surface area contributed by atoms with Gasteiger partial charge in [0.2, 0.25) is 0 Å². The monoisotopic (exact) mass is 355 g/mol. The molecular formula is C19H22FN5O. The van der Waals surface area contributed by atoms with Crippen molar-refractivity contribution in [3.8, 4) is 0 Å². The highest BCUT2D eigenvalue weighted by Crippen LogP contribution is 2.20. The van der Waals surface area contributed by atoms with Gasteiger partial charge in [0.15, 0.2) is 0 Å². The number of nitrogens with zero attached hydrogens (tertiary/aromatic N) is 5. The van der Waals surface area contributed by atoms with Crippen molar-refractivity contribution in [2.24, 2.45) is 5.92 Å². The van der Waals surface area contributed by atoms with Crippen LogP contribution in [0.15, 0.2) is 41.5 Å². The summed E-state index contributed by atoms with van der Waals surface area (Å²) < 4.78 is 16.6. The fourth-order valence-electron chi connectivity index (χ4n) is 3.58. The number of aromatic nitrogens is 4. The average molecular weight is 355 g/mol. The fraction of sp³-hybridized carbons (Fsp3) is 0.421. The predicted molar refractivity (Wildman–Crippen MR) is 96.4 cm³/mol. The molecule has 1 aliphatic heterocycles. The quantitative estimate of drug-likeness (QED) is 0.720. The smallest absolute Gasteiger partial charge is 0.266 e. The van der Waals surface area contributed by atoms with Crippen molar-refractivity contribution in [2.75, 3.05) is 13.1 Å². The van der Waals surface area contributed by atoms with Crippen molar-refractivity contribution in [3.05, 3.63) is 64.2 Å². The number of hydrogen-bond donors (Lipinski definition) is 0. The van der Waals surface area contributed by atoms with E-state index in [4.69, 9.17) is 0 Å². The second kappa shape index (κ2) is 6.99. The molecule has 0 saturated carbocycles. The standard InChI is InChI=1S/C19H22FN5O/c1-14-2-5-19(26)25(22-14)10-15-6-8-23(9-7-15)12-17-13-24-11-16(20)3-4-18(24)21-17/h2-5,11,13,15H,6-10,12H2,1H3. The van der Waals surface area contributed by atoms with E-state index in [-0.39, 0.29) is 11.4 Å². The number of fused-ring (bicyclic) bond motifs is 1. The lowest BCUT2D eigenvalue weighted by Gasteiger charge is -2.31. The molecule has 1 aliphatic rings. The Kier molecular flexibility index (Phi) is 4.55. The first kappa shape index (κ1) is 16.9. The Balaban J connectivity index is 1.35. The van der Waals surface area contributed by atoms with Crippen molar-refractivity contribution in [3.63, 3.8) is 0 Å². The first-order valence-corrected chi connectivity index (χ1v) is 8.97. The van der Waals surface area contributed by atoms with Gasteiger partial charge in [0.05, 0.1) is 11.4 Å². The molecule has 0 aliphatic carbocycles. The molecule has 7 heteroatoms. The molecule has 0 N–H and O–H groups in total. The molecule has 4 rings (SSSR count). The van der Waals surface area contributed by atoms with Gasteiger partial charge in [0.1, 0.15) is 11.5 Å². The molecular weight excluding hydrogens is 333 g/mol. The summed E-state index contributed by atoms with van der Waals surface area (Å²) in [5, 5.41) is 4.33. The molecule has 1 fully saturated rings. The minimum Gasteiger partial charge on any atom is -0.304 e. The topological polar surface area (TPSA) is 55.4 Å². The minimum atomic E-state index is -0.262. The molecule has 3 aromatic rings. The number of halogens is 1. The van der Waals surface area contributed by atoms with E-state index in [2.05, 4.69) is 15.0 Å². The van der Waals surface area contributed by atoms with Crippen molar-refractivity contribution < 1.29 is 4.39 Å². The number of pyridine rings is 1. The molecule has 1 saturated heterocycles. The summed E-state index contributed by atoms with van der Waals surface area (Å²) >= 11 is 0. The Morgan fingerprint density at radius 3 is 2.77 bits per heavy atom. The van der Waals surface area contributed by atoms with Gasteiger partial charge in [-0.1, -0.05) is 0 Å². The highest BCUT2D eigenvalue weighted by atomic mass is 19.1. The molecule has 0 aromatic carbocycles. The molecule has 136 valence electrons. The zero-order valence-electron chi connectivity index (χ0n) is 14.8.